The van der Waals surface area contributed by atoms with Crippen molar-refractivity contribution in [3.05, 3.63) is 29.8 Å². The quantitative estimate of drug-likeness (QED) is 0.769. The van der Waals surface area contributed by atoms with Crippen LogP contribution in [0.4, 0.5) is 4.79 Å². The smallest absolute Gasteiger partial charge is 0.317 e. The van der Waals surface area contributed by atoms with Gasteiger partial charge in [-0.1, -0.05) is 26.0 Å². The number of ether oxygens (including phenoxy) is 1. The van der Waals surface area contributed by atoms with E-state index >= 15 is 0 Å². The third-order valence-corrected chi connectivity index (χ3v) is 5.12. The molecular weight excluding hydrogens is 342 g/mol. The Bertz CT molecular complexity index is 647. The summed E-state index contributed by atoms with van der Waals surface area (Å²) >= 11 is 0. The van der Waals surface area contributed by atoms with Crippen molar-refractivity contribution < 1.29 is 14.3 Å². The first-order valence-electron chi connectivity index (χ1n) is 9.78. The van der Waals surface area contributed by atoms with Gasteiger partial charge in [-0.2, -0.15) is 0 Å². The summed E-state index contributed by atoms with van der Waals surface area (Å²) in [4.78, 5) is 27.0. The van der Waals surface area contributed by atoms with Crippen molar-refractivity contribution in [3.8, 4) is 5.75 Å². The van der Waals surface area contributed by atoms with Crippen LogP contribution in [0.3, 0.4) is 0 Å². The van der Waals surface area contributed by atoms with E-state index in [0.29, 0.717) is 32.1 Å². The molecule has 1 fully saturated rings. The van der Waals surface area contributed by atoms with E-state index in [9.17, 15) is 9.59 Å². The van der Waals surface area contributed by atoms with Gasteiger partial charge in [0, 0.05) is 26.2 Å². The molecule has 6 heteroatoms. The lowest BCUT2D eigenvalue weighted by Crippen LogP contribution is -2.54. The van der Waals surface area contributed by atoms with E-state index in [1.807, 2.05) is 31.2 Å². The first kappa shape index (κ1) is 21.1. The number of methoxy groups -OCH3 is 1. The van der Waals surface area contributed by atoms with Crippen LogP contribution in [0, 0.1) is 11.3 Å². The van der Waals surface area contributed by atoms with E-state index in [1.165, 1.54) is 0 Å². The summed E-state index contributed by atoms with van der Waals surface area (Å²) in [6, 6.07) is 7.59. The van der Waals surface area contributed by atoms with Crippen molar-refractivity contribution in [1.82, 2.24) is 15.5 Å². The highest BCUT2D eigenvalue weighted by Crippen LogP contribution is 2.30. The number of carbonyl (C=O) groups excluding carboxylic acids is 2. The summed E-state index contributed by atoms with van der Waals surface area (Å²) in [6.45, 7) is 8.49. The van der Waals surface area contributed by atoms with Gasteiger partial charge in [-0.25, -0.2) is 4.79 Å². The maximum absolute atomic E-state index is 12.8. The van der Waals surface area contributed by atoms with Crippen LogP contribution < -0.4 is 15.4 Å². The lowest BCUT2D eigenvalue weighted by molar-refractivity contribution is -0.132. The predicted octanol–water partition coefficient (Wildman–Crippen LogP) is 3.17. The van der Waals surface area contributed by atoms with Gasteiger partial charge in [0.05, 0.1) is 12.5 Å². The maximum Gasteiger partial charge on any atom is 0.317 e. The van der Waals surface area contributed by atoms with E-state index in [-0.39, 0.29) is 11.9 Å². The number of nitrogens with one attached hydrogen (secondary N) is 2. The zero-order valence-electron chi connectivity index (χ0n) is 17.0. The monoisotopic (exact) mass is 375 g/mol. The van der Waals surface area contributed by atoms with Crippen molar-refractivity contribution in [2.75, 3.05) is 26.7 Å². The van der Waals surface area contributed by atoms with Crippen LogP contribution in [-0.2, 0) is 11.3 Å². The van der Waals surface area contributed by atoms with Gasteiger partial charge in [0.2, 0.25) is 5.91 Å². The summed E-state index contributed by atoms with van der Waals surface area (Å²) < 4.78 is 5.22. The van der Waals surface area contributed by atoms with Crippen molar-refractivity contribution >= 4 is 11.9 Å². The van der Waals surface area contributed by atoms with Crippen molar-refractivity contribution in [2.24, 2.45) is 11.3 Å². The number of hydrogen-bond acceptors (Lipinski definition) is 3. The molecule has 150 valence electrons. The fourth-order valence-electron chi connectivity index (χ4n) is 3.36. The zero-order chi connectivity index (χ0) is 19.9. The zero-order valence-corrected chi connectivity index (χ0v) is 17.0. The van der Waals surface area contributed by atoms with Crippen LogP contribution in [-0.4, -0.2) is 43.6 Å². The second-order valence-corrected chi connectivity index (χ2v) is 8.03. The normalized spacial score (nSPS) is 19.7. The summed E-state index contributed by atoms with van der Waals surface area (Å²) in [7, 11) is 1.63. The van der Waals surface area contributed by atoms with Crippen LogP contribution in [0.2, 0.25) is 0 Å². The van der Waals surface area contributed by atoms with Crippen molar-refractivity contribution in [2.45, 2.75) is 46.6 Å². The fourth-order valence-corrected chi connectivity index (χ4v) is 3.36. The van der Waals surface area contributed by atoms with Crippen molar-refractivity contribution in [1.29, 1.82) is 0 Å². The van der Waals surface area contributed by atoms with Gasteiger partial charge in [0.1, 0.15) is 5.75 Å². The molecule has 1 atom stereocenters. The molecule has 3 amide bonds. The van der Waals surface area contributed by atoms with Gasteiger partial charge >= 0.3 is 6.03 Å². The molecule has 0 saturated carbocycles. The molecule has 0 spiro atoms. The highest BCUT2D eigenvalue weighted by Gasteiger charge is 2.39. The largest absolute Gasteiger partial charge is 0.497 e. The number of urea groups is 1. The number of nitrogens with zero attached hydrogens (tertiary/aromatic N) is 1. The predicted molar refractivity (Wildman–Crippen MR) is 107 cm³/mol. The topological polar surface area (TPSA) is 70.7 Å². The molecule has 1 aromatic rings. The lowest BCUT2D eigenvalue weighted by atomic mass is 9.81. The molecule has 1 saturated heterocycles. The van der Waals surface area contributed by atoms with Crippen LogP contribution in [0.15, 0.2) is 24.3 Å². The van der Waals surface area contributed by atoms with Gasteiger partial charge in [-0.15, -0.1) is 0 Å². The number of carbonyl (C=O) groups is 2. The second kappa shape index (κ2) is 9.62. The molecule has 1 aliphatic rings. The Morgan fingerprint density at radius 2 is 2.07 bits per heavy atom. The Hall–Kier alpha value is -2.24. The molecule has 2 N–H and O–H groups in total. The summed E-state index contributed by atoms with van der Waals surface area (Å²) in [6.07, 6.45) is 2.57. The minimum absolute atomic E-state index is 0.00926. The fraction of sp³-hybridized carbons (Fsp3) is 0.619. The molecule has 0 aromatic heterocycles. The van der Waals surface area contributed by atoms with Gasteiger partial charge < -0.3 is 20.3 Å². The molecule has 1 heterocycles. The number of likely N-dealkylation sites (tertiary alicyclic amines) is 1. The average molecular weight is 376 g/mol. The summed E-state index contributed by atoms with van der Waals surface area (Å²) in [5.74, 6) is 1.32. The second-order valence-electron chi connectivity index (χ2n) is 8.03. The third kappa shape index (κ3) is 6.15. The Morgan fingerprint density at radius 3 is 2.78 bits per heavy atom. The Balaban J connectivity index is 1.89. The van der Waals surface area contributed by atoms with Crippen LogP contribution in [0.5, 0.6) is 5.75 Å². The number of hydrogen-bond donors (Lipinski definition) is 2. The first-order chi connectivity index (χ1) is 12.8. The van der Waals surface area contributed by atoms with Gasteiger partial charge in [-0.05, 0) is 49.8 Å². The molecule has 0 aliphatic carbocycles. The molecule has 1 aliphatic heterocycles. The maximum atomic E-state index is 12.8. The van der Waals surface area contributed by atoms with E-state index in [2.05, 4.69) is 24.5 Å². The molecule has 0 unspecified atom stereocenters. The van der Waals surface area contributed by atoms with Gasteiger partial charge in [0.15, 0.2) is 0 Å². The molecule has 0 radical (unpaired) electrons. The minimum atomic E-state index is -0.563. The standard InChI is InChI=1S/C21H33N3O3/c1-16(2)9-11-22-20(26)24-12-6-10-21(3,15-24)19(25)23-14-17-7-5-8-18(13-17)27-4/h5,7-8,13,16H,6,9-12,14-15H2,1-4H3,(H,22,26)(H,23,25)/t21-/m0/s1. The summed E-state index contributed by atoms with van der Waals surface area (Å²) in [5.41, 5.74) is 0.428. The lowest BCUT2D eigenvalue weighted by Gasteiger charge is -2.39. The highest BCUT2D eigenvalue weighted by atomic mass is 16.5. The number of amides is 3. The first-order valence-corrected chi connectivity index (χ1v) is 9.78. The average Bonchev–Trinajstić information content (AvgIpc) is 2.65. The van der Waals surface area contributed by atoms with Gasteiger partial charge in [-0.3, -0.25) is 4.79 Å². The highest BCUT2D eigenvalue weighted by molar-refractivity contribution is 5.84. The van der Waals surface area contributed by atoms with E-state index in [4.69, 9.17) is 4.74 Å². The Labute approximate surface area is 162 Å². The van der Waals surface area contributed by atoms with Crippen LogP contribution >= 0.6 is 0 Å². The van der Waals surface area contributed by atoms with Crippen LogP contribution in [0.25, 0.3) is 0 Å². The van der Waals surface area contributed by atoms with E-state index in [1.54, 1.807) is 12.0 Å². The van der Waals surface area contributed by atoms with Gasteiger partial charge in [0.25, 0.3) is 0 Å². The molecule has 2 rings (SSSR count). The molecule has 27 heavy (non-hydrogen) atoms. The number of benzene rings is 1. The molecule has 0 bridgehead atoms. The Kier molecular flexibility index (Phi) is 7.51. The molecular formula is C21H33N3O3. The molecule has 6 nitrogen and oxygen atoms in total. The third-order valence-electron chi connectivity index (χ3n) is 5.12. The number of rotatable bonds is 7. The van der Waals surface area contributed by atoms with Crippen LogP contribution in [0.1, 0.15) is 45.6 Å². The minimum Gasteiger partial charge on any atom is -0.497 e. The van der Waals surface area contributed by atoms with E-state index < -0.39 is 5.41 Å². The Morgan fingerprint density at radius 1 is 1.30 bits per heavy atom. The van der Waals surface area contributed by atoms with E-state index in [0.717, 1.165) is 30.6 Å². The summed E-state index contributed by atoms with van der Waals surface area (Å²) in [5, 5.41) is 6.00. The SMILES string of the molecule is COc1cccc(CNC(=O)[C@@]2(C)CCCN(C(=O)NCCC(C)C)C2)c1. The number of piperidine rings is 1. The molecule has 1 aromatic carbocycles. The van der Waals surface area contributed by atoms with Crippen molar-refractivity contribution in [3.63, 3.8) is 0 Å².